The first kappa shape index (κ1) is 21.5. The minimum atomic E-state index is -0.144. The van der Waals surface area contributed by atoms with Crippen LogP contribution in [0.15, 0.2) is 85.1 Å². The lowest BCUT2D eigenvalue weighted by atomic mass is 10.1. The number of amides is 1. The van der Waals surface area contributed by atoms with Crippen molar-refractivity contribution in [2.75, 3.05) is 12.4 Å². The van der Waals surface area contributed by atoms with Crippen LogP contribution in [0.5, 0.6) is 5.75 Å². The number of aryl methyl sites for hydroxylation is 1. The van der Waals surface area contributed by atoms with Gasteiger partial charge in [0, 0.05) is 23.3 Å². The van der Waals surface area contributed by atoms with Crippen molar-refractivity contribution in [1.29, 1.82) is 0 Å². The Hall–Kier alpha value is -3.18. The fraction of sp³-hybridized carbons (Fsp3) is 0.120. The van der Waals surface area contributed by atoms with Crippen molar-refractivity contribution in [3.8, 4) is 5.75 Å². The van der Waals surface area contributed by atoms with Gasteiger partial charge < -0.3 is 27.0 Å². The molecule has 0 saturated heterocycles. The highest BCUT2D eigenvalue weighted by atomic mass is 79.9. The van der Waals surface area contributed by atoms with Crippen molar-refractivity contribution in [2.45, 2.75) is 13.5 Å². The lowest BCUT2D eigenvalue weighted by molar-refractivity contribution is -0.662. The molecule has 0 aliphatic carbocycles. The summed E-state index contributed by atoms with van der Waals surface area (Å²) in [5, 5.41) is 4.05. The second-order valence-corrected chi connectivity index (χ2v) is 7.04. The molecule has 1 N–H and O–H groups in total. The smallest absolute Gasteiger partial charge is 0.255 e. The van der Waals surface area contributed by atoms with Gasteiger partial charge in [-0.05, 0) is 37.3 Å². The molecule has 0 unspecified atom stereocenters. The zero-order valence-electron chi connectivity index (χ0n) is 16.9. The summed E-state index contributed by atoms with van der Waals surface area (Å²) in [5.74, 6) is 0.581. The Kier molecular flexibility index (Phi) is 6.85. The molecule has 0 bridgehead atoms. The van der Waals surface area contributed by atoms with Crippen LogP contribution in [0.25, 0.3) is 10.9 Å². The molecule has 5 heteroatoms. The Balaban J connectivity index is 0.00000256. The molecule has 0 fully saturated rings. The highest BCUT2D eigenvalue weighted by Gasteiger charge is 2.15. The van der Waals surface area contributed by atoms with E-state index in [1.165, 1.54) is 11.1 Å². The molecule has 0 aliphatic rings. The Bertz CT molecular complexity index is 1160. The summed E-state index contributed by atoms with van der Waals surface area (Å²) in [6.45, 7) is 2.86. The fourth-order valence-electron chi connectivity index (χ4n) is 3.36. The number of carbonyl (C=O) groups excluding carboxylic acids is 1. The largest absolute Gasteiger partial charge is 1.00 e. The Morgan fingerprint density at radius 1 is 0.933 bits per heavy atom. The van der Waals surface area contributed by atoms with E-state index in [1.807, 2.05) is 30.5 Å². The highest BCUT2D eigenvalue weighted by molar-refractivity contribution is 6.08. The molecule has 1 heterocycles. The van der Waals surface area contributed by atoms with Crippen molar-refractivity contribution in [3.05, 3.63) is 102 Å². The first-order chi connectivity index (χ1) is 14.1. The van der Waals surface area contributed by atoms with E-state index in [4.69, 9.17) is 4.74 Å². The van der Waals surface area contributed by atoms with Gasteiger partial charge in [-0.25, -0.2) is 0 Å². The molecule has 3 aromatic carbocycles. The van der Waals surface area contributed by atoms with Gasteiger partial charge in [0.15, 0.2) is 12.7 Å². The number of benzene rings is 3. The van der Waals surface area contributed by atoms with Gasteiger partial charge in [-0.2, -0.15) is 4.57 Å². The van der Waals surface area contributed by atoms with Gasteiger partial charge in [0.2, 0.25) is 5.52 Å². The lowest BCUT2D eigenvalue weighted by Crippen LogP contribution is -3.00. The molecule has 30 heavy (non-hydrogen) atoms. The van der Waals surface area contributed by atoms with Gasteiger partial charge in [-0.15, -0.1) is 0 Å². The number of carbonyl (C=O) groups is 1. The average Bonchev–Trinajstić information content (AvgIpc) is 2.77. The van der Waals surface area contributed by atoms with Crippen LogP contribution < -0.4 is 31.6 Å². The van der Waals surface area contributed by atoms with Crippen LogP contribution in [0.4, 0.5) is 5.69 Å². The first-order valence-corrected chi connectivity index (χ1v) is 9.56. The fourth-order valence-corrected chi connectivity index (χ4v) is 3.36. The maximum atomic E-state index is 12.7. The van der Waals surface area contributed by atoms with Crippen molar-refractivity contribution < 1.29 is 31.1 Å². The number of pyridine rings is 1. The lowest BCUT2D eigenvalue weighted by Gasteiger charge is -2.09. The van der Waals surface area contributed by atoms with E-state index < -0.39 is 0 Å². The molecule has 0 saturated carbocycles. The number of ether oxygens (including phenoxy) is 1. The Morgan fingerprint density at radius 2 is 1.63 bits per heavy atom. The third-order valence-electron chi connectivity index (χ3n) is 5.00. The van der Waals surface area contributed by atoms with Gasteiger partial charge in [-0.1, -0.05) is 42.0 Å². The molecule has 4 nitrogen and oxygen atoms in total. The molecule has 0 aliphatic heterocycles. The maximum absolute atomic E-state index is 12.7. The van der Waals surface area contributed by atoms with Crippen molar-refractivity contribution in [3.63, 3.8) is 0 Å². The molecule has 4 aromatic rings. The Labute approximate surface area is 186 Å². The van der Waals surface area contributed by atoms with E-state index in [-0.39, 0.29) is 22.9 Å². The third kappa shape index (κ3) is 4.69. The topological polar surface area (TPSA) is 42.2 Å². The number of anilines is 1. The normalized spacial score (nSPS) is 10.3. The number of para-hydroxylation sites is 1. The van der Waals surface area contributed by atoms with E-state index in [9.17, 15) is 4.79 Å². The molecule has 0 radical (unpaired) electrons. The van der Waals surface area contributed by atoms with Crippen LogP contribution in [0, 0.1) is 6.92 Å². The van der Waals surface area contributed by atoms with Gasteiger partial charge in [0.25, 0.3) is 5.91 Å². The molecular formula is C25H23BrN2O2. The number of hydrogen-bond acceptors (Lipinski definition) is 2. The van der Waals surface area contributed by atoms with Crippen LogP contribution in [-0.4, -0.2) is 13.0 Å². The molecule has 1 aromatic heterocycles. The summed E-state index contributed by atoms with van der Waals surface area (Å²) < 4.78 is 7.36. The molecule has 152 valence electrons. The van der Waals surface area contributed by atoms with Crippen LogP contribution >= 0.6 is 0 Å². The summed E-state index contributed by atoms with van der Waals surface area (Å²) in [6, 6.07) is 25.7. The minimum Gasteiger partial charge on any atom is -1.00 e. The molecule has 0 spiro atoms. The second-order valence-electron chi connectivity index (χ2n) is 7.04. The van der Waals surface area contributed by atoms with E-state index in [2.05, 4.69) is 47.1 Å². The highest BCUT2D eigenvalue weighted by Crippen LogP contribution is 2.22. The predicted octanol–water partition coefficient (Wildman–Crippen LogP) is 1.75. The van der Waals surface area contributed by atoms with Crippen LogP contribution in [-0.2, 0) is 6.54 Å². The number of hydrogen-bond donors (Lipinski definition) is 1. The summed E-state index contributed by atoms with van der Waals surface area (Å²) >= 11 is 0. The van der Waals surface area contributed by atoms with Gasteiger partial charge >= 0.3 is 0 Å². The quantitative estimate of drug-likeness (QED) is 0.459. The van der Waals surface area contributed by atoms with Crippen LogP contribution in [0.3, 0.4) is 0 Å². The van der Waals surface area contributed by atoms with Gasteiger partial charge in [0.05, 0.1) is 18.2 Å². The summed E-state index contributed by atoms with van der Waals surface area (Å²) in [5.41, 5.74) is 4.94. The number of fused-ring (bicyclic) bond motifs is 1. The number of methoxy groups -OCH3 is 1. The number of aromatic nitrogens is 1. The molecule has 0 atom stereocenters. The number of halogens is 1. The second kappa shape index (κ2) is 9.55. The van der Waals surface area contributed by atoms with E-state index in [0.717, 1.165) is 28.9 Å². The minimum absolute atomic E-state index is 0. The molecule has 4 rings (SSSR count). The van der Waals surface area contributed by atoms with Crippen molar-refractivity contribution in [1.82, 2.24) is 0 Å². The van der Waals surface area contributed by atoms with Crippen molar-refractivity contribution >= 4 is 22.5 Å². The van der Waals surface area contributed by atoms with Crippen LogP contribution in [0.1, 0.15) is 21.5 Å². The standard InChI is InChI=1S/C25H22N2O2.BrH/c1-18-7-9-19(10-8-18)17-27-16-15-23(22-5-3-4-6-24(22)27)26-25(28)20-11-13-21(29-2)14-12-20;/h3-16H,17H2,1-2H3;1H. The zero-order valence-corrected chi connectivity index (χ0v) is 18.5. The zero-order chi connectivity index (χ0) is 20.2. The van der Waals surface area contributed by atoms with E-state index >= 15 is 0 Å². The number of nitrogens with one attached hydrogen (secondary N) is 1. The third-order valence-corrected chi connectivity index (χ3v) is 5.00. The summed E-state index contributed by atoms with van der Waals surface area (Å²) in [6.07, 6.45) is 2.02. The number of nitrogens with zero attached hydrogens (tertiary/aromatic N) is 1. The van der Waals surface area contributed by atoms with Crippen molar-refractivity contribution in [2.24, 2.45) is 0 Å². The summed E-state index contributed by atoms with van der Waals surface area (Å²) in [4.78, 5) is 12.7. The SMILES string of the molecule is COc1ccc(C(=O)Nc2cc[n+](Cc3ccc(C)cc3)c3ccccc23)cc1.[Br-]. The predicted molar refractivity (Wildman–Crippen MR) is 115 cm³/mol. The van der Waals surface area contributed by atoms with Gasteiger partial charge in [-0.3, -0.25) is 4.79 Å². The number of rotatable bonds is 5. The van der Waals surface area contributed by atoms with Gasteiger partial charge in [0.1, 0.15) is 5.75 Å². The average molecular weight is 463 g/mol. The molecular weight excluding hydrogens is 440 g/mol. The molecule has 1 amide bonds. The van der Waals surface area contributed by atoms with E-state index in [1.54, 1.807) is 31.4 Å². The monoisotopic (exact) mass is 462 g/mol. The van der Waals surface area contributed by atoms with E-state index in [0.29, 0.717) is 5.56 Å². The Morgan fingerprint density at radius 3 is 2.33 bits per heavy atom. The first-order valence-electron chi connectivity index (χ1n) is 9.56. The van der Waals surface area contributed by atoms with Crippen LogP contribution in [0.2, 0.25) is 0 Å². The maximum Gasteiger partial charge on any atom is 0.255 e. The summed E-state index contributed by atoms with van der Waals surface area (Å²) in [7, 11) is 1.61.